The Morgan fingerprint density at radius 3 is 2.55 bits per heavy atom. The van der Waals surface area contributed by atoms with Crippen LogP contribution in [0.25, 0.3) is 0 Å². The number of nitrogens with one attached hydrogen (secondary N) is 2. The summed E-state index contributed by atoms with van der Waals surface area (Å²) >= 11 is 3.22. The molecule has 120 valence electrons. The maximum absolute atomic E-state index is 13.0. The average molecular weight is 373 g/mol. The lowest BCUT2D eigenvalue weighted by Crippen LogP contribution is -2.51. The van der Waals surface area contributed by atoms with Gasteiger partial charge in [-0.1, -0.05) is 0 Å². The van der Waals surface area contributed by atoms with E-state index in [0.717, 1.165) is 0 Å². The van der Waals surface area contributed by atoms with E-state index >= 15 is 0 Å². The van der Waals surface area contributed by atoms with Gasteiger partial charge in [0.25, 0.3) is 0 Å². The standard InChI is InChI=1S/C14H18BrFN4O2/c1-17-13(21)9-19-4-6-20(7-5-19)14(22)18-12-3-2-10(16)8-11(12)15/h2-3,8H,4-7,9H2,1H3,(H,17,21)(H,18,22). The summed E-state index contributed by atoms with van der Waals surface area (Å²) in [6, 6.07) is 3.88. The quantitative estimate of drug-likeness (QED) is 0.844. The molecule has 2 N–H and O–H groups in total. The highest BCUT2D eigenvalue weighted by Crippen LogP contribution is 2.23. The van der Waals surface area contributed by atoms with Gasteiger partial charge in [-0.2, -0.15) is 0 Å². The van der Waals surface area contributed by atoms with Gasteiger partial charge >= 0.3 is 6.03 Å². The van der Waals surface area contributed by atoms with E-state index in [-0.39, 0.29) is 17.8 Å². The third-order valence-corrected chi connectivity index (χ3v) is 4.13. The molecule has 0 bridgehead atoms. The van der Waals surface area contributed by atoms with Crippen LogP contribution in [0.3, 0.4) is 0 Å². The predicted octanol–water partition coefficient (Wildman–Crippen LogP) is 1.48. The number of hydrogen-bond donors (Lipinski definition) is 2. The Bertz CT molecular complexity index is 562. The van der Waals surface area contributed by atoms with Crippen LogP contribution in [-0.2, 0) is 4.79 Å². The Hall–Kier alpha value is -1.67. The van der Waals surface area contributed by atoms with Gasteiger partial charge < -0.3 is 15.5 Å². The topological polar surface area (TPSA) is 64.7 Å². The second-order valence-electron chi connectivity index (χ2n) is 4.99. The van der Waals surface area contributed by atoms with Gasteiger partial charge in [0.05, 0.1) is 12.2 Å². The van der Waals surface area contributed by atoms with Gasteiger partial charge in [-0.05, 0) is 34.1 Å². The zero-order chi connectivity index (χ0) is 16.1. The first-order valence-electron chi connectivity index (χ1n) is 6.93. The number of nitrogens with zero attached hydrogens (tertiary/aromatic N) is 2. The maximum atomic E-state index is 13.0. The van der Waals surface area contributed by atoms with Crippen molar-refractivity contribution in [2.45, 2.75) is 0 Å². The largest absolute Gasteiger partial charge is 0.358 e. The van der Waals surface area contributed by atoms with Crippen LogP contribution in [0.4, 0.5) is 14.9 Å². The molecule has 1 aromatic rings. The van der Waals surface area contributed by atoms with Crippen LogP contribution in [0.1, 0.15) is 0 Å². The number of likely N-dealkylation sites (N-methyl/N-ethyl adjacent to an activating group) is 1. The molecule has 1 heterocycles. The lowest BCUT2D eigenvalue weighted by atomic mass is 10.3. The molecule has 2 rings (SSSR count). The molecule has 22 heavy (non-hydrogen) atoms. The van der Waals surface area contributed by atoms with Crippen LogP contribution < -0.4 is 10.6 Å². The fourth-order valence-electron chi connectivity index (χ4n) is 2.18. The molecule has 1 saturated heterocycles. The monoisotopic (exact) mass is 372 g/mol. The van der Waals surface area contributed by atoms with Gasteiger partial charge in [0.15, 0.2) is 0 Å². The molecule has 0 atom stereocenters. The second-order valence-corrected chi connectivity index (χ2v) is 5.85. The SMILES string of the molecule is CNC(=O)CN1CCN(C(=O)Nc2ccc(F)cc2Br)CC1. The van der Waals surface area contributed by atoms with Crippen molar-refractivity contribution in [3.05, 3.63) is 28.5 Å². The van der Waals surface area contributed by atoms with Gasteiger partial charge in [-0.25, -0.2) is 9.18 Å². The summed E-state index contributed by atoms with van der Waals surface area (Å²) in [6.45, 7) is 2.72. The van der Waals surface area contributed by atoms with E-state index in [1.165, 1.54) is 18.2 Å². The normalized spacial score (nSPS) is 15.5. The summed E-state index contributed by atoms with van der Waals surface area (Å²) in [5.74, 6) is -0.402. The molecule has 0 saturated carbocycles. The summed E-state index contributed by atoms with van der Waals surface area (Å²) in [5.41, 5.74) is 0.527. The molecule has 8 heteroatoms. The summed E-state index contributed by atoms with van der Waals surface area (Å²) in [7, 11) is 1.60. The molecule has 0 radical (unpaired) electrons. The Balaban J connectivity index is 1.86. The van der Waals surface area contributed by atoms with Crippen molar-refractivity contribution in [2.75, 3.05) is 45.1 Å². The zero-order valence-electron chi connectivity index (χ0n) is 12.2. The van der Waals surface area contributed by atoms with Crippen molar-refractivity contribution in [3.63, 3.8) is 0 Å². The number of piperazine rings is 1. The Morgan fingerprint density at radius 2 is 1.95 bits per heavy atom. The Morgan fingerprint density at radius 1 is 1.27 bits per heavy atom. The van der Waals surface area contributed by atoms with E-state index in [1.807, 2.05) is 4.90 Å². The van der Waals surface area contributed by atoms with Crippen LogP contribution in [0.15, 0.2) is 22.7 Å². The molecule has 1 aliphatic rings. The number of anilines is 1. The highest BCUT2D eigenvalue weighted by molar-refractivity contribution is 9.10. The van der Waals surface area contributed by atoms with Crippen LogP contribution >= 0.6 is 15.9 Å². The van der Waals surface area contributed by atoms with Crippen molar-refractivity contribution in [1.29, 1.82) is 0 Å². The number of halogens is 2. The number of amides is 3. The van der Waals surface area contributed by atoms with Crippen LogP contribution in [0, 0.1) is 5.82 Å². The maximum Gasteiger partial charge on any atom is 0.321 e. The van der Waals surface area contributed by atoms with E-state index < -0.39 is 0 Å². The minimum absolute atomic E-state index is 0.0341. The van der Waals surface area contributed by atoms with Crippen LogP contribution in [0.2, 0.25) is 0 Å². The molecule has 6 nitrogen and oxygen atoms in total. The van der Waals surface area contributed by atoms with Gasteiger partial charge in [-0.15, -0.1) is 0 Å². The summed E-state index contributed by atoms with van der Waals surface area (Å²) in [6.07, 6.45) is 0. The molecular weight excluding hydrogens is 355 g/mol. The number of benzene rings is 1. The van der Waals surface area contributed by atoms with Crippen molar-refractivity contribution in [1.82, 2.24) is 15.1 Å². The predicted molar refractivity (Wildman–Crippen MR) is 85.2 cm³/mol. The highest BCUT2D eigenvalue weighted by atomic mass is 79.9. The molecular formula is C14H18BrFN4O2. The van der Waals surface area contributed by atoms with Crippen LogP contribution in [0.5, 0.6) is 0 Å². The summed E-state index contributed by atoms with van der Waals surface area (Å²) in [4.78, 5) is 27.2. The van der Waals surface area contributed by atoms with Crippen molar-refractivity contribution < 1.29 is 14.0 Å². The molecule has 0 aliphatic carbocycles. The highest BCUT2D eigenvalue weighted by Gasteiger charge is 2.22. The van der Waals surface area contributed by atoms with Crippen LogP contribution in [-0.4, -0.2) is 61.5 Å². The minimum atomic E-state index is -0.368. The van der Waals surface area contributed by atoms with E-state index in [0.29, 0.717) is 42.9 Å². The van der Waals surface area contributed by atoms with Crippen molar-refractivity contribution >= 4 is 33.6 Å². The average Bonchev–Trinajstić information content (AvgIpc) is 2.50. The Labute approximate surface area is 136 Å². The van der Waals surface area contributed by atoms with Gasteiger partial charge in [0, 0.05) is 37.7 Å². The molecule has 0 spiro atoms. The van der Waals surface area contributed by atoms with E-state index in [2.05, 4.69) is 26.6 Å². The number of urea groups is 1. The number of carbonyl (C=O) groups excluding carboxylic acids is 2. The smallest absolute Gasteiger partial charge is 0.321 e. The first-order valence-corrected chi connectivity index (χ1v) is 7.73. The van der Waals surface area contributed by atoms with Gasteiger partial charge in [0.2, 0.25) is 5.91 Å². The van der Waals surface area contributed by atoms with Crippen molar-refractivity contribution in [3.8, 4) is 0 Å². The molecule has 1 fully saturated rings. The Kier molecular flexibility index (Phi) is 5.73. The zero-order valence-corrected chi connectivity index (χ0v) is 13.8. The van der Waals surface area contributed by atoms with Crippen molar-refractivity contribution in [2.24, 2.45) is 0 Å². The molecule has 3 amide bonds. The van der Waals surface area contributed by atoms with E-state index in [9.17, 15) is 14.0 Å². The lowest BCUT2D eigenvalue weighted by Gasteiger charge is -2.34. The fraction of sp³-hybridized carbons (Fsp3) is 0.429. The number of carbonyl (C=O) groups is 2. The second kappa shape index (κ2) is 7.55. The van der Waals surface area contributed by atoms with Gasteiger partial charge in [-0.3, -0.25) is 9.69 Å². The lowest BCUT2D eigenvalue weighted by molar-refractivity contribution is -0.122. The summed E-state index contributed by atoms with van der Waals surface area (Å²) < 4.78 is 13.5. The molecule has 1 aromatic carbocycles. The molecule has 0 unspecified atom stereocenters. The first kappa shape index (κ1) is 16.7. The van der Waals surface area contributed by atoms with E-state index in [1.54, 1.807) is 11.9 Å². The van der Waals surface area contributed by atoms with E-state index in [4.69, 9.17) is 0 Å². The molecule has 1 aliphatic heterocycles. The molecule has 0 aromatic heterocycles. The first-order chi connectivity index (χ1) is 10.5. The number of rotatable bonds is 3. The minimum Gasteiger partial charge on any atom is -0.358 e. The summed E-state index contributed by atoms with van der Waals surface area (Å²) in [5, 5.41) is 5.33. The number of hydrogen-bond acceptors (Lipinski definition) is 3. The third kappa shape index (κ3) is 4.41. The fourth-order valence-corrected chi connectivity index (χ4v) is 2.63. The van der Waals surface area contributed by atoms with Gasteiger partial charge in [0.1, 0.15) is 5.82 Å². The third-order valence-electron chi connectivity index (χ3n) is 3.48.